The van der Waals surface area contributed by atoms with Crippen molar-refractivity contribution in [3.8, 4) is 11.5 Å². The van der Waals surface area contributed by atoms with Crippen molar-refractivity contribution in [3.63, 3.8) is 0 Å². The molecule has 2 aromatic carbocycles. The average Bonchev–Trinajstić information content (AvgIpc) is 2.38. The van der Waals surface area contributed by atoms with Crippen LogP contribution in [-0.2, 0) is 14.9 Å². The van der Waals surface area contributed by atoms with E-state index in [1.807, 2.05) is 0 Å². The lowest BCUT2D eigenvalue weighted by atomic mass is 10.1. The molecule has 0 aliphatic rings. The van der Waals surface area contributed by atoms with Gasteiger partial charge in [-0.15, -0.1) is 0 Å². The first-order chi connectivity index (χ1) is 9.81. The van der Waals surface area contributed by atoms with E-state index in [0.29, 0.717) is 11.1 Å². The minimum absolute atomic E-state index is 0.0290. The lowest BCUT2D eigenvalue weighted by Gasteiger charge is -2.12. The Morgan fingerprint density at radius 2 is 2.00 bits per heavy atom. The summed E-state index contributed by atoms with van der Waals surface area (Å²) in [5.41, 5.74) is 0. The molecule has 0 aromatic heterocycles. The standard InChI is InChI=1S/C13H12ClFO5S/c1-18-7-19-9-5-8-3-4-10(15)13(14)12(8)11(6-9)20-21(2,16)17/h3-6H,7H2,1-2H3. The highest BCUT2D eigenvalue weighted by molar-refractivity contribution is 7.86. The summed E-state index contributed by atoms with van der Waals surface area (Å²) < 4.78 is 51.2. The summed E-state index contributed by atoms with van der Waals surface area (Å²) in [4.78, 5) is 0. The van der Waals surface area contributed by atoms with Crippen molar-refractivity contribution in [1.82, 2.24) is 0 Å². The Morgan fingerprint density at radius 1 is 1.29 bits per heavy atom. The van der Waals surface area contributed by atoms with E-state index in [0.717, 1.165) is 6.26 Å². The normalized spacial score (nSPS) is 11.6. The Hall–Kier alpha value is -1.57. The third kappa shape index (κ3) is 3.75. The Balaban J connectivity index is 2.66. The number of rotatable bonds is 5. The summed E-state index contributed by atoms with van der Waals surface area (Å²) in [6.45, 7) is -0.0290. The van der Waals surface area contributed by atoms with Crippen LogP contribution in [0.2, 0.25) is 5.02 Å². The van der Waals surface area contributed by atoms with Gasteiger partial charge in [-0.2, -0.15) is 8.42 Å². The first-order valence-corrected chi connectivity index (χ1v) is 7.94. The zero-order valence-corrected chi connectivity index (χ0v) is 12.8. The fraction of sp³-hybridized carbons (Fsp3) is 0.231. The van der Waals surface area contributed by atoms with Gasteiger partial charge in [0.2, 0.25) is 0 Å². The van der Waals surface area contributed by atoms with E-state index in [1.54, 1.807) is 6.07 Å². The van der Waals surface area contributed by atoms with Gasteiger partial charge < -0.3 is 13.7 Å². The third-order valence-electron chi connectivity index (χ3n) is 2.53. The molecule has 0 heterocycles. The molecule has 21 heavy (non-hydrogen) atoms. The summed E-state index contributed by atoms with van der Waals surface area (Å²) in [6.07, 6.45) is 0.884. The van der Waals surface area contributed by atoms with E-state index in [9.17, 15) is 12.8 Å². The fourth-order valence-electron chi connectivity index (χ4n) is 1.77. The van der Waals surface area contributed by atoms with Crippen LogP contribution >= 0.6 is 11.6 Å². The molecule has 0 aliphatic heterocycles. The summed E-state index contributed by atoms with van der Waals surface area (Å²) in [7, 11) is -2.36. The molecule has 0 fully saturated rings. The van der Waals surface area contributed by atoms with Crippen LogP contribution in [0.3, 0.4) is 0 Å². The smallest absolute Gasteiger partial charge is 0.306 e. The molecule has 5 nitrogen and oxygen atoms in total. The van der Waals surface area contributed by atoms with Crippen LogP contribution in [0.5, 0.6) is 11.5 Å². The van der Waals surface area contributed by atoms with Gasteiger partial charge in [0.1, 0.15) is 11.6 Å². The second-order valence-corrected chi connectivity index (χ2v) is 6.17. The molecule has 0 radical (unpaired) electrons. The Kier molecular flexibility index (Phi) is 4.55. The van der Waals surface area contributed by atoms with Crippen LogP contribution in [0, 0.1) is 5.82 Å². The quantitative estimate of drug-likeness (QED) is 0.621. The Morgan fingerprint density at radius 3 is 2.62 bits per heavy atom. The van der Waals surface area contributed by atoms with Crippen LogP contribution in [0.25, 0.3) is 10.8 Å². The van der Waals surface area contributed by atoms with Gasteiger partial charge in [0.15, 0.2) is 12.5 Å². The Bertz CT molecular complexity index is 776. The molecule has 8 heteroatoms. The lowest BCUT2D eigenvalue weighted by Crippen LogP contribution is -2.07. The van der Waals surface area contributed by atoms with Gasteiger partial charge in [-0.25, -0.2) is 4.39 Å². The summed E-state index contributed by atoms with van der Waals surface area (Å²) in [6, 6.07) is 5.52. The van der Waals surface area contributed by atoms with Crippen LogP contribution in [0.1, 0.15) is 0 Å². The fourth-order valence-corrected chi connectivity index (χ4v) is 2.49. The number of benzene rings is 2. The topological polar surface area (TPSA) is 61.8 Å². The second kappa shape index (κ2) is 6.05. The van der Waals surface area contributed by atoms with Crippen molar-refractivity contribution in [1.29, 1.82) is 0 Å². The molecule has 0 amide bonds. The first kappa shape index (κ1) is 15.8. The van der Waals surface area contributed by atoms with Crippen molar-refractivity contribution < 1.29 is 26.5 Å². The predicted octanol–water partition coefficient (Wildman–Crippen LogP) is 2.95. The zero-order valence-electron chi connectivity index (χ0n) is 11.2. The average molecular weight is 335 g/mol. The van der Waals surface area contributed by atoms with Gasteiger partial charge in [0.25, 0.3) is 0 Å². The van der Waals surface area contributed by atoms with E-state index >= 15 is 0 Å². The van der Waals surface area contributed by atoms with Crippen molar-refractivity contribution in [3.05, 3.63) is 35.1 Å². The maximum atomic E-state index is 13.6. The third-order valence-corrected chi connectivity index (χ3v) is 3.38. The number of hydrogen-bond donors (Lipinski definition) is 0. The van der Waals surface area contributed by atoms with Crippen molar-refractivity contribution in [2.75, 3.05) is 20.2 Å². The minimum Gasteiger partial charge on any atom is -0.467 e. The zero-order chi connectivity index (χ0) is 15.6. The largest absolute Gasteiger partial charge is 0.467 e. The highest BCUT2D eigenvalue weighted by Crippen LogP contribution is 2.38. The number of ether oxygens (including phenoxy) is 2. The molecule has 0 saturated heterocycles. The molecule has 0 aliphatic carbocycles. The van der Waals surface area contributed by atoms with Crippen LogP contribution in [0.15, 0.2) is 24.3 Å². The molecule has 0 atom stereocenters. The molecule has 0 unspecified atom stereocenters. The van der Waals surface area contributed by atoms with Crippen molar-refractivity contribution in [2.24, 2.45) is 0 Å². The number of fused-ring (bicyclic) bond motifs is 1. The number of halogens is 2. The van der Waals surface area contributed by atoms with E-state index in [4.69, 9.17) is 25.3 Å². The predicted molar refractivity (Wildman–Crippen MR) is 76.9 cm³/mol. The molecule has 0 saturated carbocycles. The van der Waals surface area contributed by atoms with E-state index in [-0.39, 0.29) is 23.0 Å². The van der Waals surface area contributed by atoms with Gasteiger partial charge in [-0.1, -0.05) is 17.7 Å². The molecule has 114 valence electrons. The van der Waals surface area contributed by atoms with Crippen LogP contribution in [0.4, 0.5) is 4.39 Å². The highest BCUT2D eigenvalue weighted by atomic mass is 35.5. The molecule has 0 bridgehead atoms. The van der Waals surface area contributed by atoms with Gasteiger partial charge in [-0.3, -0.25) is 0 Å². The Labute approximate surface area is 126 Å². The van der Waals surface area contributed by atoms with Gasteiger partial charge >= 0.3 is 10.1 Å². The summed E-state index contributed by atoms with van der Waals surface area (Å²) in [5.74, 6) is -0.468. The van der Waals surface area contributed by atoms with Gasteiger partial charge in [0.05, 0.1) is 11.3 Å². The SMILES string of the molecule is COCOc1cc(OS(C)(=O)=O)c2c(Cl)c(F)ccc2c1. The van der Waals surface area contributed by atoms with Crippen LogP contribution in [-0.4, -0.2) is 28.6 Å². The monoisotopic (exact) mass is 334 g/mol. The summed E-state index contributed by atoms with van der Waals surface area (Å²) >= 11 is 5.90. The maximum absolute atomic E-state index is 13.6. The number of hydrogen-bond acceptors (Lipinski definition) is 5. The second-order valence-electron chi connectivity index (χ2n) is 4.22. The molecule has 0 N–H and O–H groups in total. The van der Waals surface area contributed by atoms with Gasteiger partial charge in [-0.05, 0) is 17.5 Å². The molecule has 2 aromatic rings. The molecular weight excluding hydrogens is 323 g/mol. The minimum atomic E-state index is -3.80. The molecule has 2 rings (SSSR count). The molecular formula is C13H12ClFO5S. The summed E-state index contributed by atoms with van der Waals surface area (Å²) in [5, 5.41) is 0.421. The lowest BCUT2D eigenvalue weighted by molar-refractivity contribution is 0.0511. The van der Waals surface area contributed by atoms with E-state index < -0.39 is 15.9 Å². The van der Waals surface area contributed by atoms with E-state index in [1.165, 1.54) is 25.3 Å². The van der Waals surface area contributed by atoms with Crippen LogP contribution < -0.4 is 8.92 Å². The highest BCUT2D eigenvalue weighted by Gasteiger charge is 2.16. The van der Waals surface area contributed by atoms with E-state index in [2.05, 4.69) is 0 Å². The van der Waals surface area contributed by atoms with Gasteiger partial charge in [0, 0.05) is 18.6 Å². The van der Waals surface area contributed by atoms with Crippen molar-refractivity contribution >= 4 is 32.5 Å². The molecule has 0 spiro atoms. The van der Waals surface area contributed by atoms with Crippen molar-refractivity contribution in [2.45, 2.75) is 0 Å². The maximum Gasteiger partial charge on any atom is 0.306 e. The first-order valence-electron chi connectivity index (χ1n) is 5.75. The number of methoxy groups -OCH3 is 1.